The fourth-order valence-corrected chi connectivity index (χ4v) is 2.34. The van der Waals surface area contributed by atoms with Gasteiger partial charge in [0.2, 0.25) is 0 Å². The Morgan fingerprint density at radius 2 is 2.00 bits per heavy atom. The second-order valence-electron chi connectivity index (χ2n) is 5.26. The maximum Gasteiger partial charge on any atom is 0.277 e. The lowest BCUT2D eigenvalue weighted by atomic mass is 9.99. The fraction of sp³-hybridized carbons (Fsp3) is 0.222. The van der Waals surface area contributed by atoms with Crippen LogP contribution in [0.15, 0.2) is 53.6 Å². The smallest absolute Gasteiger partial charge is 0.277 e. The fourth-order valence-electron chi connectivity index (χ4n) is 2.01. The van der Waals surface area contributed by atoms with Gasteiger partial charge in [0.1, 0.15) is 5.75 Å². The molecular formula is C18H18Cl2N2O2. The van der Waals surface area contributed by atoms with Crippen LogP contribution in [0.3, 0.4) is 0 Å². The summed E-state index contributed by atoms with van der Waals surface area (Å²) in [4.78, 5) is 11.7. The molecule has 0 radical (unpaired) electrons. The molecule has 1 atom stereocenters. The van der Waals surface area contributed by atoms with Gasteiger partial charge in [-0.05, 0) is 30.0 Å². The summed E-state index contributed by atoms with van der Waals surface area (Å²) in [5.41, 5.74) is 3.65. The minimum Gasteiger partial charge on any atom is -0.482 e. The summed E-state index contributed by atoms with van der Waals surface area (Å²) in [7, 11) is 0. The summed E-state index contributed by atoms with van der Waals surface area (Å²) in [6, 6.07) is 14.9. The van der Waals surface area contributed by atoms with Crippen molar-refractivity contribution in [1.29, 1.82) is 0 Å². The molecule has 0 aromatic heterocycles. The number of halogens is 2. The molecule has 2 aromatic rings. The Labute approximate surface area is 151 Å². The summed E-state index contributed by atoms with van der Waals surface area (Å²) in [6.07, 6.45) is 2.41. The average molecular weight is 365 g/mol. The predicted octanol–water partition coefficient (Wildman–Crippen LogP) is 4.67. The van der Waals surface area contributed by atoms with E-state index in [0.29, 0.717) is 21.7 Å². The van der Waals surface area contributed by atoms with Crippen LogP contribution in [0.2, 0.25) is 10.0 Å². The van der Waals surface area contributed by atoms with Crippen molar-refractivity contribution >= 4 is 35.3 Å². The molecule has 0 spiro atoms. The van der Waals surface area contributed by atoms with Crippen LogP contribution < -0.4 is 10.2 Å². The topological polar surface area (TPSA) is 50.7 Å². The van der Waals surface area contributed by atoms with Crippen LogP contribution in [-0.2, 0) is 4.79 Å². The number of rotatable bonds is 7. The van der Waals surface area contributed by atoms with Crippen molar-refractivity contribution in [3.05, 3.63) is 64.1 Å². The Balaban J connectivity index is 1.74. The number of nitrogens with zero attached hydrogens (tertiary/aromatic N) is 1. The van der Waals surface area contributed by atoms with Gasteiger partial charge < -0.3 is 4.74 Å². The van der Waals surface area contributed by atoms with Gasteiger partial charge in [0.05, 0.1) is 5.02 Å². The quantitative estimate of drug-likeness (QED) is 0.573. The highest BCUT2D eigenvalue weighted by Gasteiger charge is 2.06. The molecule has 126 valence electrons. The highest BCUT2D eigenvalue weighted by molar-refractivity contribution is 6.34. The van der Waals surface area contributed by atoms with E-state index < -0.39 is 0 Å². The molecule has 2 rings (SSSR count). The SMILES string of the molecule is CC(C/C=N\NC(=O)COc1cc(Cl)ccc1Cl)c1ccccc1. The first-order chi connectivity index (χ1) is 11.6. The first kappa shape index (κ1) is 18.3. The van der Waals surface area contributed by atoms with Crippen LogP contribution in [0.5, 0.6) is 5.75 Å². The zero-order chi connectivity index (χ0) is 17.4. The van der Waals surface area contributed by atoms with Gasteiger partial charge in [-0.3, -0.25) is 4.79 Å². The number of carbonyl (C=O) groups is 1. The Hall–Kier alpha value is -2.04. The molecule has 4 nitrogen and oxygen atoms in total. The van der Waals surface area contributed by atoms with Crippen molar-refractivity contribution in [2.75, 3.05) is 6.61 Å². The Morgan fingerprint density at radius 1 is 1.25 bits per heavy atom. The van der Waals surface area contributed by atoms with E-state index in [2.05, 4.69) is 29.6 Å². The van der Waals surface area contributed by atoms with E-state index in [9.17, 15) is 4.79 Å². The molecule has 0 aliphatic rings. The van der Waals surface area contributed by atoms with Crippen LogP contribution in [0.1, 0.15) is 24.8 Å². The first-order valence-electron chi connectivity index (χ1n) is 7.49. The normalized spacial score (nSPS) is 12.1. The van der Waals surface area contributed by atoms with Gasteiger partial charge in [-0.1, -0.05) is 60.5 Å². The van der Waals surface area contributed by atoms with Crippen molar-refractivity contribution in [2.45, 2.75) is 19.3 Å². The minimum atomic E-state index is -0.366. The van der Waals surface area contributed by atoms with Crippen molar-refractivity contribution in [3.8, 4) is 5.75 Å². The second-order valence-corrected chi connectivity index (χ2v) is 6.10. The van der Waals surface area contributed by atoms with Crippen LogP contribution >= 0.6 is 23.2 Å². The number of carbonyl (C=O) groups excluding carboxylic acids is 1. The lowest BCUT2D eigenvalue weighted by Crippen LogP contribution is -2.24. The van der Waals surface area contributed by atoms with Gasteiger partial charge in [0, 0.05) is 17.3 Å². The molecule has 0 fully saturated rings. The lowest BCUT2D eigenvalue weighted by molar-refractivity contribution is -0.123. The zero-order valence-corrected chi connectivity index (χ0v) is 14.7. The first-order valence-corrected chi connectivity index (χ1v) is 8.25. The molecule has 0 bridgehead atoms. The Bertz CT molecular complexity index is 705. The number of ether oxygens (including phenoxy) is 1. The van der Waals surface area contributed by atoms with Crippen molar-refractivity contribution in [3.63, 3.8) is 0 Å². The molecule has 1 N–H and O–H groups in total. The third kappa shape index (κ3) is 5.87. The largest absolute Gasteiger partial charge is 0.482 e. The Kier molecular flexibility index (Phi) is 7.09. The molecule has 1 unspecified atom stereocenters. The molecule has 0 saturated carbocycles. The molecule has 0 aliphatic heterocycles. The molecule has 1 amide bonds. The number of amides is 1. The lowest BCUT2D eigenvalue weighted by Gasteiger charge is -2.08. The molecular weight excluding hydrogens is 347 g/mol. The maximum absolute atomic E-state index is 11.7. The highest BCUT2D eigenvalue weighted by atomic mass is 35.5. The zero-order valence-electron chi connectivity index (χ0n) is 13.2. The minimum absolute atomic E-state index is 0.189. The van der Waals surface area contributed by atoms with Crippen molar-refractivity contribution < 1.29 is 9.53 Å². The van der Waals surface area contributed by atoms with E-state index in [1.54, 1.807) is 24.4 Å². The predicted molar refractivity (Wildman–Crippen MR) is 98.1 cm³/mol. The van der Waals surface area contributed by atoms with Gasteiger partial charge in [0.25, 0.3) is 5.91 Å². The van der Waals surface area contributed by atoms with E-state index in [4.69, 9.17) is 27.9 Å². The van der Waals surface area contributed by atoms with Crippen LogP contribution in [0, 0.1) is 0 Å². The van der Waals surface area contributed by atoms with Gasteiger partial charge >= 0.3 is 0 Å². The number of benzene rings is 2. The molecule has 2 aromatic carbocycles. The summed E-state index contributed by atoms with van der Waals surface area (Å²) in [5.74, 6) is 0.323. The molecule has 0 heterocycles. The molecule has 6 heteroatoms. The van der Waals surface area contributed by atoms with Gasteiger partial charge in [0.15, 0.2) is 6.61 Å². The summed E-state index contributed by atoms with van der Waals surface area (Å²) in [6.45, 7) is 1.92. The third-order valence-corrected chi connectivity index (χ3v) is 3.91. The van der Waals surface area contributed by atoms with Gasteiger partial charge in [-0.15, -0.1) is 0 Å². The van der Waals surface area contributed by atoms with Crippen molar-refractivity contribution in [2.24, 2.45) is 5.10 Å². The van der Waals surface area contributed by atoms with E-state index in [-0.39, 0.29) is 12.5 Å². The Morgan fingerprint density at radius 3 is 2.75 bits per heavy atom. The van der Waals surface area contributed by atoms with Gasteiger partial charge in [-0.2, -0.15) is 5.10 Å². The number of hydrazone groups is 1. The van der Waals surface area contributed by atoms with Gasteiger partial charge in [-0.25, -0.2) is 5.43 Å². The molecule has 0 saturated heterocycles. The standard InChI is InChI=1S/C18H18Cl2N2O2/c1-13(14-5-3-2-4-6-14)9-10-21-22-18(23)12-24-17-11-15(19)7-8-16(17)20/h2-8,10-11,13H,9,12H2,1H3,(H,22,23)/b21-10-. The van der Waals surface area contributed by atoms with Crippen LogP contribution in [0.4, 0.5) is 0 Å². The molecule has 24 heavy (non-hydrogen) atoms. The van der Waals surface area contributed by atoms with E-state index in [1.807, 2.05) is 18.2 Å². The second kappa shape index (κ2) is 9.30. The highest BCUT2D eigenvalue weighted by Crippen LogP contribution is 2.27. The third-order valence-electron chi connectivity index (χ3n) is 3.36. The maximum atomic E-state index is 11.7. The van der Waals surface area contributed by atoms with E-state index >= 15 is 0 Å². The summed E-state index contributed by atoms with van der Waals surface area (Å²) in [5, 5.41) is 4.81. The summed E-state index contributed by atoms with van der Waals surface area (Å²) >= 11 is 11.8. The average Bonchev–Trinajstić information content (AvgIpc) is 2.60. The van der Waals surface area contributed by atoms with E-state index in [0.717, 1.165) is 6.42 Å². The molecule has 0 aliphatic carbocycles. The van der Waals surface area contributed by atoms with Crippen LogP contribution in [-0.4, -0.2) is 18.7 Å². The summed E-state index contributed by atoms with van der Waals surface area (Å²) < 4.78 is 5.32. The van der Waals surface area contributed by atoms with Crippen molar-refractivity contribution in [1.82, 2.24) is 5.43 Å². The number of hydrogen-bond donors (Lipinski definition) is 1. The van der Waals surface area contributed by atoms with E-state index in [1.165, 1.54) is 5.56 Å². The number of nitrogens with one attached hydrogen (secondary N) is 1. The monoisotopic (exact) mass is 364 g/mol. The number of hydrogen-bond acceptors (Lipinski definition) is 3. The van der Waals surface area contributed by atoms with Crippen LogP contribution in [0.25, 0.3) is 0 Å².